The Morgan fingerprint density at radius 1 is 1.15 bits per heavy atom. The Hall–Kier alpha value is -2.47. The normalized spacial score (nSPS) is 27.4. The number of piperidine rings is 3. The lowest BCUT2D eigenvalue weighted by Crippen LogP contribution is -2.62. The number of hydrogen-bond donors (Lipinski definition) is 0. The highest BCUT2D eigenvalue weighted by molar-refractivity contribution is 5.69. The number of rotatable bonds is 4. The van der Waals surface area contributed by atoms with Gasteiger partial charge in [-0.3, -0.25) is 0 Å². The number of carbonyl (C=O) groups excluding carboxylic acids is 1. The Morgan fingerprint density at radius 3 is 2.45 bits per heavy atom. The SMILES string of the molecule is CCc1ccc(-c2cc3c(cc2F)[C@H](N(C(=O)[O-])[C@@H]2CN4CCC2CC4)C(C)(C)C3)cc1F. The summed E-state index contributed by atoms with van der Waals surface area (Å²) in [6.45, 7) is 8.71. The van der Waals surface area contributed by atoms with E-state index in [0.717, 1.165) is 31.5 Å². The van der Waals surface area contributed by atoms with Gasteiger partial charge >= 0.3 is 0 Å². The third-order valence-corrected chi connectivity index (χ3v) is 8.12. The fraction of sp³-hybridized carbons (Fsp3) is 0.519. The van der Waals surface area contributed by atoms with Crippen LogP contribution in [0, 0.1) is 23.0 Å². The van der Waals surface area contributed by atoms with Crippen LogP contribution in [0.15, 0.2) is 30.3 Å². The zero-order valence-corrected chi connectivity index (χ0v) is 19.5. The maximum Gasteiger partial charge on any atom is 0.137 e. The van der Waals surface area contributed by atoms with Gasteiger partial charge in [0.25, 0.3) is 0 Å². The number of amides is 1. The van der Waals surface area contributed by atoms with Crippen LogP contribution in [-0.4, -0.2) is 41.6 Å². The second kappa shape index (κ2) is 8.08. The van der Waals surface area contributed by atoms with Gasteiger partial charge < -0.3 is 19.7 Å². The Labute approximate surface area is 194 Å². The summed E-state index contributed by atoms with van der Waals surface area (Å²) in [5.41, 5.74) is 2.69. The maximum atomic E-state index is 15.4. The Kier molecular flexibility index (Phi) is 5.47. The van der Waals surface area contributed by atoms with Crippen molar-refractivity contribution in [2.24, 2.45) is 11.3 Å². The summed E-state index contributed by atoms with van der Waals surface area (Å²) in [6.07, 6.45) is 2.00. The van der Waals surface area contributed by atoms with Crippen molar-refractivity contribution >= 4 is 6.09 Å². The molecule has 3 saturated heterocycles. The van der Waals surface area contributed by atoms with Crippen molar-refractivity contribution in [2.75, 3.05) is 19.6 Å². The van der Waals surface area contributed by atoms with Crippen LogP contribution in [0.1, 0.15) is 56.3 Å². The van der Waals surface area contributed by atoms with E-state index in [1.54, 1.807) is 18.2 Å². The standard InChI is InChI=1S/C27H32F2N2O2/c1-4-16-5-6-18(12-22(16)28)20-11-19-14-27(2,3)25(21(19)13-23(20)29)31(26(32)33)24-15-30-9-7-17(24)8-10-30/h5-6,11-13,17,24-25H,4,7-10,14-15H2,1-3H3,(H,32,33)/p-1/t24-,25+/m1/s1. The highest BCUT2D eigenvalue weighted by Crippen LogP contribution is 2.52. The van der Waals surface area contributed by atoms with E-state index in [4.69, 9.17) is 0 Å². The summed E-state index contributed by atoms with van der Waals surface area (Å²) in [4.78, 5) is 16.3. The van der Waals surface area contributed by atoms with Crippen molar-refractivity contribution in [3.05, 3.63) is 58.7 Å². The highest BCUT2D eigenvalue weighted by atomic mass is 19.1. The van der Waals surface area contributed by atoms with Crippen LogP contribution in [0.25, 0.3) is 11.1 Å². The molecule has 2 atom stereocenters. The molecule has 1 aliphatic carbocycles. The Bertz CT molecular complexity index is 1090. The van der Waals surface area contributed by atoms with Crippen molar-refractivity contribution in [3.8, 4) is 11.1 Å². The molecule has 33 heavy (non-hydrogen) atoms. The molecule has 3 heterocycles. The van der Waals surface area contributed by atoms with Gasteiger partial charge in [0.1, 0.15) is 17.7 Å². The number of carbonyl (C=O) groups is 1. The molecule has 0 N–H and O–H groups in total. The molecule has 4 aliphatic rings. The van der Waals surface area contributed by atoms with Crippen LogP contribution in [0.3, 0.4) is 0 Å². The molecule has 0 unspecified atom stereocenters. The van der Waals surface area contributed by atoms with E-state index >= 15 is 4.39 Å². The number of carboxylic acid groups (broad SMARTS) is 1. The van der Waals surface area contributed by atoms with E-state index < -0.39 is 23.4 Å². The molecule has 4 nitrogen and oxygen atoms in total. The minimum absolute atomic E-state index is 0.133. The highest BCUT2D eigenvalue weighted by Gasteiger charge is 2.48. The summed E-state index contributed by atoms with van der Waals surface area (Å²) in [7, 11) is 0. The molecule has 2 aromatic carbocycles. The molecule has 3 fully saturated rings. The van der Waals surface area contributed by atoms with Crippen molar-refractivity contribution in [1.29, 1.82) is 0 Å². The molecule has 2 aromatic rings. The molecule has 0 saturated carbocycles. The monoisotopic (exact) mass is 453 g/mol. The molecule has 1 amide bonds. The topological polar surface area (TPSA) is 46.6 Å². The summed E-state index contributed by atoms with van der Waals surface area (Å²) < 4.78 is 29.8. The molecule has 176 valence electrons. The molecule has 0 radical (unpaired) electrons. The van der Waals surface area contributed by atoms with Crippen molar-refractivity contribution in [1.82, 2.24) is 9.80 Å². The quantitative estimate of drug-likeness (QED) is 0.682. The van der Waals surface area contributed by atoms with E-state index in [2.05, 4.69) is 4.90 Å². The molecule has 0 aromatic heterocycles. The largest absolute Gasteiger partial charge is 0.530 e. The van der Waals surface area contributed by atoms with Crippen molar-refractivity contribution in [3.63, 3.8) is 0 Å². The average molecular weight is 454 g/mol. The van der Waals surface area contributed by atoms with Crippen molar-refractivity contribution < 1.29 is 18.7 Å². The second-order valence-corrected chi connectivity index (χ2v) is 10.6. The van der Waals surface area contributed by atoms with Crippen LogP contribution < -0.4 is 5.11 Å². The van der Waals surface area contributed by atoms with E-state index in [0.29, 0.717) is 47.6 Å². The lowest BCUT2D eigenvalue weighted by atomic mass is 9.79. The van der Waals surface area contributed by atoms with Gasteiger partial charge in [-0.05, 0) is 90.6 Å². The molecular formula is C27H31F2N2O2-. The first-order valence-electron chi connectivity index (χ1n) is 12.0. The number of hydrogen-bond acceptors (Lipinski definition) is 3. The van der Waals surface area contributed by atoms with Gasteiger partial charge in [0.05, 0.1) is 6.04 Å². The van der Waals surface area contributed by atoms with Gasteiger partial charge in [0.2, 0.25) is 0 Å². The fourth-order valence-electron chi connectivity index (χ4n) is 6.48. The first-order chi connectivity index (χ1) is 15.7. The van der Waals surface area contributed by atoms with E-state index in [1.165, 1.54) is 17.0 Å². The minimum atomic E-state index is -1.18. The van der Waals surface area contributed by atoms with Gasteiger partial charge in [0.15, 0.2) is 0 Å². The number of nitrogens with zero attached hydrogens (tertiary/aromatic N) is 2. The van der Waals surface area contributed by atoms with Gasteiger partial charge in [-0.25, -0.2) is 8.78 Å². The number of aryl methyl sites for hydroxylation is 1. The van der Waals surface area contributed by atoms with Crippen LogP contribution in [0.4, 0.5) is 13.6 Å². The summed E-state index contributed by atoms with van der Waals surface area (Å²) in [5.74, 6) is -0.470. The zero-order valence-electron chi connectivity index (χ0n) is 19.5. The predicted molar refractivity (Wildman–Crippen MR) is 122 cm³/mol. The molecular weight excluding hydrogens is 422 g/mol. The van der Waals surface area contributed by atoms with E-state index in [9.17, 15) is 14.3 Å². The third-order valence-electron chi connectivity index (χ3n) is 8.12. The van der Waals surface area contributed by atoms with E-state index in [1.807, 2.05) is 20.8 Å². The first-order valence-corrected chi connectivity index (χ1v) is 12.0. The van der Waals surface area contributed by atoms with Gasteiger partial charge in [-0.2, -0.15) is 0 Å². The van der Waals surface area contributed by atoms with Gasteiger partial charge in [-0.1, -0.05) is 32.9 Å². The Balaban J connectivity index is 1.56. The summed E-state index contributed by atoms with van der Waals surface area (Å²) >= 11 is 0. The van der Waals surface area contributed by atoms with Crippen molar-refractivity contribution in [2.45, 2.75) is 58.5 Å². The lowest BCUT2D eigenvalue weighted by molar-refractivity contribution is -0.276. The molecule has 3 aliphatic heterocycles. The van der Waals surface area contributed by atoms with E-state index in [-0.39, 0.29) is 11.9 Å². The smallest absolute Gasteiger partial charge is 0.137 e. The third kappa shape index (κ3) is 3.72. The molecule has 0 spiro atoms. The first kappa shape index (κ1) is 22.3. The number of fused-ring (bicyclic) bond motifs is 4. The predicted octanol–water partition coefficient (Wildman–Crippen LogP) is 4.56. The number of benzene rings is 2. The minimum Gasteiger partial charge on any atom is -0.530 e. The summed E-state index contributed by atoms with van der Waals surface area (Å²) in [5, 5.41) is 12.5. The van der Waals surface area contributed by atoms with Gasteiger partial charge in [0, 0.05) is 18.2 Å². The Morgan fingerprint density at radius 2 is 1.88 bits per heavy atom. The fourth-order valence-corrected chi connectivity index (χ4v) is 6.48. The zero-order chi connectivity index (χ0) is 23.5. The maximum absolute atomic E-state index is 15.4. The van der Waals surface area contributed by atoms with Gasteiger partial charge in [-0.15, -0.1) is 0 Å². The number of halogens is 2. The molecule has 6 heteroatoms. The van der Waals surface area contributed by atoms with Crippen LogP contribution in [0.5, 0.6) is 0 Å². The molecule has 6 rings (SSSR count). The lowest BCUT2D eigenvalue weighted by Gasteiger charge is -2.53. The summed E-state index contributed by atoms with van der Waals surface area (Å²) in [6, 6.07) is 7.52. The van der Waals surface area contributed by atoms with Crippen LogP contribution in [-0.2, 0) is 12.8 Å². The second-order valence-electron chi connectivity index (χ2n) is 10.6. The van der Waals surface area contributed by atoms with Crippen LogP contribution >= 0.6 is 0 Å². The average Bonchev–Trinajstić information content (AvgIpc) is 3.03. The molecule has 2 bridgehead atoms. The van der Waals surface area contributed by atoms with Crippen LogP contribution in [0.2, 0.25) is 0 Å².